The number of methoxy groups -OCH3 is 2. The SMILES string of the molecule is COCCCC(C)(N)COC. The molecule has 0 saturated heterocycles. The summed E-state index contributed by atoms with van der Waals surface area (Å²) in [6.07, 6.45) is 1.93. The average Bonchev–Trinajstić information content (AvgIpc) is 1.87. The lowest BCUT2D eigenvalue weighted by molar-refractivity contribution is 0.123. The summed E-state index contributed by atoms with van der Waals surface area (Å²) in [6, 6.07) is 0. The van der Waals surface area contributed by atoms with Crippen molar-refractivity contribution in [2.45, 2.75) is 25.3 Å². The number of rotatable bonds is 6. The molecule has 0 rings (SSSR count). The Morgan fingerprint density at radius 3 is 2.36 bits per heavy atom. The van der Waals surface area contributed by atoms with Gasteiger partial charge >= 0.3 is 0 Å². The molecule has 11 heavy (non-hydrogen) atoms. The van der Waals surface area contributed by atoms with Gasteiger partial charge in [-0.2, -0.15) is 0 Å². The number of hydrogen-bond acceptors (Lipinski definition) is 3. The standard InChI is InChI=1S/C8H19NO2/c1-8(9,7-11-3)5-4-6-10-2/h4-7,9H2,1-3H3. The Kier molecular flexibility index (Phi) is 5.46. The van der Waals surface area contributed by atoms with E-state index in [9.17, 15) is 0 Å². The number of nitrogens with two attached hydrogens (primary N) is 1. The zero-order chi connectivity index (χ0) is 8.74. The molecule has 3 nitrogen and oxygen atoms in total. The van der Waals surface area contributed by atoms with Gasteiger partial charge in [-0.1, -0.05) is 0 Å². The first-order chi connectivity index (χ1) is 5.12. The molecule has 0 radical (unpaired) electrons. The maximum Gasteiger partial charge on any atom is 0.0639 e. The van der Waals surface area contributed by atoms with E-state index in [0.717, 1.165) is 19.4 Å². The van der Waals surface area contributed by atoms with E-state index in [1.165, 1.54) is 0 Å². The van der Waals surface area contributed by atoms with Crippen LogP contribution in [0.3, 0.4) is 0 Å². The molecule has 0 saturated carbocycles. The van der Waals surface area contributed by atoms with Gasteiger partial charge in [-0.15, -0.1) is 0 Å². The Morgan fingerprint density at radius 2 is 1.91 bits per heavy atom. The summed E-state index contributed by atoms with van der Waals surface area (Å²) in [5.41, 5.74) is 5.69. The molecule has 0 aliphatic heterocycles. The summed E-state index contributed by atoms with van der Waals surface area (Å²) in [6.45, 7) is 3.37. The van der Waals surface area contributed by atoms with E-state index in [2.05, 4.69) is 0 Å². The smallest absolute Gasteiger partial charge is 0.0639 e. The average molecular weight is 161 g/mol. The summed E-state index contributed by atoms with van der Waals surface area (Å²) < 4.78 is 9.89. The van der Waals surface area contributed by atoms with Gasteiger partial charge in [-0.3, -0.25) is 0 Å². The predicted octanol–water partition coefficient (Wildman–Crippen LogP) is 0.777. The molecule has 0 aromatic heterocycles. The van der Waals surface area contributed by atoms with E-state index in [1.54, 1.807) is 14.2 Å². The van der Waals surface area contributed by atoms with Gasteiger partial charge in [0.05, 0.1) is 6.61 Å². The normalized spacial score (nSPS) is 16.4. The fourth-order valence-electron chi connectivity index (χ4n) is 1.02. The minimum Gasteiger partial charge on any atom is -0.385 e. The van der Waals surface area contributed by atoms with Crippen LogP contribution in [0.15, 0.2) is 0 Å². The van der Waals surface area contributed by atoms with Gasteiger partial charge in [0.25, 0.3) is 0 Å². The minimum absolute atomic E-state index is 0.201. The quantitative estimate of drug-likeness (QED) is 0.585. The first-order valence-corrected chi connectivity index (χ1v) is 3.89. The molecule has 3 heteroatoms. The Morgan fingerprint density at radius 1 is 1.27 bits per heavy atom. The van der Waals surface area contributed by atoms with Crippen LogP contribution in [0.5, 0.6) is 0 Å². The highest BCUT2D eigenvalue weighted by molar-refractivity contribution is 4.77. The van der Waals surface area contributed by atoms with Crippen LogP contribution in [0.2, 0.25) is 0 Å². The Hall–Kier alpha value is -0.120. The van der Waals surface area contributed by atoms with Crippen molar-refractivity contribution in [2.75, 3.05) is 27.4 Å². The number of ether oxygens (including phenoxy) is 2. The lowest BCUT2D eigenvalue weighted by atomic mass is 9.99. The summed E-state index contributed by atoms with van der Waals surface area (Å²) in [7, 11) is 3.37. The molecule has 1 unspecified atom stereocenters. The highest BCUT2D eigenvalue weighted by Crippen LogP contribution is 2.08. The molecular formula is C8H19NO2. The first kappa shape index (κ1) is 10.9. The van der Waals surface area contributed by atoms with Crippen LogP contribution in [0, 0.1) is 0 Å². The number of hydrogen-bond donors (Lipinski definition) is 1. The molecule has 1 atom stereocenters. The van der Waals surface area contributed by atoms with Gasteiger partial charge in [-0.05, 0) is 19.8 Å². The van der Waals surface area contributed by atoms with Crippen LogP contribution in [0.4, 0.5) is 0 Å². The molecule has 0 aliphatic carbocycles. The van der Waals surface area contributed by atoms with Crippen LogP contribution in [-0.2, 0) is 9.47 Å². The molecule has 0 aliphatic rings. The van der Waals surface area contributed by atoms with Gasteiger partial charge in [0, 0.05) is 26.4 Å². The summed E-state index contributed by atoms with van der Waals surface area (Å²) in [5.74, 6) is 0. The van der Waals surface area contributed by atoms with Crippen molar-refractivity contribution in [3.8, 4) is 0 Å². The van der Waals surface area contributed by atoms with Gasteiger partial charge in [0.15, 0.2) is 0 Å². The molecule has 0 spiro atoms. The Bertz CT molecular complexity index is 94.1. The fraction of sp³-hybridized carbons (Fsp3) is 1.00. The highest BCUT2D eigenvalue weighted by atomic mass is 16.5. The Balaban J connectivity index is 3.38. The van der Waals surface area contributed by atoms with Crippen molar-refractivity contribution < 1.29 is 9.47 Å². The lowest BCUT2D eigenvalue weighted by Gasteiger charge is -2.22. The second-order valence-electron chi connectivity index (χ2n) is 3.18. The summed E-state index contributed by atoms with van der Waals surface area (Å²) in [5, 5.41) is 0. The van der Waals surface area contributed by atoms with E-state index < -0.39 is 0 Å². The first-order valence-electron chi connectivity index (χ1n) is 3.89. The summed E-state index contributed by atoms with van der Waals surface area (Å²) >= 11 is 0. The van der Waals surface area contributed by atoms with E-state index in [-0.39, 0.29) is 5.54 Å². The highest BCUT2D eigenvalue weighted by Gasteiger charge is 2.16. The monoisotopic (exact) mass is 161 g/mol. The zero-order valence-electron chi connectivity index (χ0n) is 7.72. The fourth-order valence-corrected chi connectivity index (χ4v) is 1.02. The van der Waals surface area contributed by atoms with Crippen molar-refractivity contribution in [3.05, 3.63) is 0 Å². The lowest BCUT2D eigenvalue weighted by Crippen LogP contribution is -2.41. The van der Waals surface area contributed by atoms with Crippen molar-refractivity contribution in [3.63, 3.8) is 0 Å². The van der Waals surface area contributed by atoms with E-state index >= 15 is 0 Å². The van der Waals surface area contributed by atoms with Crippen molar-refractivity contribution in [1.29, 1.82) is 0 Å². The largest absolute Gasteiger partial charge is 0.385 e. The van der Waals surface area contributed by atoms with Gasteiger partial charge in [0.1, 0.15) is 0 Å². The van der Waals surface area contributed by atoms with Crippen LogP contribution in [0.1, 0.15) is 19.8 Å². The maximum atomic E-state index is 5.89. The van der Waals surface area contributed by atoms with Crippen LogP contribution in [-0.4, -0.2) is 33.0 Å². The third kappa shape index (κ3) is 6.28. The van der Waals surface area contributed by atoms with Crippen LogP contribution < -0.4 is 5.73 Å². The second kappa shape index (κ2) is 5.52. The van der Waals surface area contributed by atoms with Gasteiger partial charge in [0.2, 0.25) is 0 Å². The van der Waals surface area contributed by atoms with E-state index in [1.807, 2.05) is 6.92 Å². The minimum atomic E-state index is -0.201. The molecule has 0 heterocycles. The Labute approximate surface area is 68.9 Å². The topological polar surface area (TPSA) is 44.5 Å². The molecule has 0 bridgehead atoms. The van der Waals surface area contributed by atoms with Crippen molar-refractivity contribution >= 4 is 0 Å². The molecular weight excluding hydrogens is 142 g/mol. The summed E-state index contributed by atoms with van der Waals surface area (Å²) in [4.78, 5) is 0. The van der Waals surface area contributed by atoms with E-state index in [0.29, 0.717) is 6.61 Å². The molecule has 2 N–H and O–H groups in total. The van der Waals surface area contributed by atoms with Gasteiger partial charge < -0.3 is 15.2 Å². The third-order valence-electron chi connectivity index (χ3n) is 1.57. The molecule has 0 aromatic carbocycles. The second-order valence-corrected chi connectivity index (χ2v) is 3.18. The predicted molar refractivity (Wildman–Crippen MR) is 45.6 cm³/mol. The molecule has 68 valence electrons. The van der Waals surface area contributed by atoms with Crippen molar-refractivity contribution in [1.82, 2.24) is 0 Å². The zero-order valence-corrected chi connectivity index (χ0v) is 7.72. The van der Waals surface area contributed by atoms with Crippen molar-refractivity contribution in [2.24, 2.45) is 5.73 Å². The molecule has 0 fully saturated rings. The molecule has 0 amide bonds. The third-order valence-corrected chi connectivity index (χ3v) is 1.57. The van der Waals surface area contributed by atoms with Crippen LogP contribution >= 0.6 is 0 Å². The molecule has 0 aromatic rings. The maximum absolute atomic E-state index is 5.89. The van der Waals surface area contributed by atoms with Gasteiger partial charge in [-0.25, -0.2) is 0 Å². The van der Waals surface area contributed by atoms with Crippen LogP contribution in [0.25, 0.3) is 0 Å². The van der Waals surface area contributed by atoms with E-state index in [4.69, 9.17) is 15.2 Å².